The van der Waals surface area contributed by atoms with Crippen LogP contribution in [0.15, 0.2) is 53.7 Å². The molecule has 1 aliphatic rings. The fraction of sp³-hybridized carbons (Fsp3) is 0.348. The molecule has 32 heavy (non-hydrogen) atoms. The van der Waals surface area contributed by atoms with Gasteiger partial charge in [-0.05, 0) is 62.7 Å². The van der Waals surface area contributed by atoms with Gasteiger partial charge in [0, 0.05) is 15.7 Å². The van der Waals surface area contributed by atoms with Gasteiger partial charge in [0.2, 0.25) is 5.91 Å². The molecule has 168 valence electrons. The van der Waals surface area contributed by atoms with E-state index in [1.165, 1.54) is 24.6 Å². The minimum absolute atomic E-state index is 0.0998. The van der Waals surface area contributed by atoms with Crippen LogP contribution in [0.1, 0.15) is 37.2 Å². The predicted octanol–water partition coefficient (Wildman–Crippen LogP) is 5.14. The van der Waals surface area contributed by atoms with Crippen LogP contribution in [0, 0.1) is 0 Å². The van der Waals surface area contributed by atoms with Crippen molar-refractivity contribution in [2.24, 2.45) is 0 Å². The zero-order valence-corrected chi connectivity index (χ0v) is 20.1. The number of likely N-dealkylation sites (tertiary alicyclic amines) is 1. The van der Waals surface area contributed by atoms with Crippen molar-refractivity contribution in [1.29, 1.82) is 0 Å². The Morgan fingerprint density at radius 1 is 1.12 bits per heavy atom. The van der Waals surface area contributed by atoms with Crippen LogP contribution in [0.5, 0.6) is 0 Å². The van der Waals surface area contributed by atoms with Gasteiger partial charge in [-0.2, -0.15) is 0 Å². The maximum Gasteiger partial charge on any atom is 0.230 e. The van der Waals surface area contributed by atoms with E-state index in [1.54, 1.807) is 12.1 Å². The van der Waals surface area contributed by atoms with Crippen molar-refractivity contribution >= 4 is 40.9 Å². The number of hydrogen-bond acceptors (Lipinski definition) is 5. The van der Waals surface area contributed by atoms with Crippen molar-refractivity contribution < 1.29 is 4.79 Å². The molecule has 1 aliphatic heterocycles. The molecule has 2 heterocycles. The summed E-state index contributed by atoms with van der Waals surface area (Å²) in [7, 11) is 0. The van der Waals surface area contributed by atoms with Crippen molar-refractivity contribution in [2.75, 3.05) is 18.8 Å². The predicted molar refractivity (Wildman–Crippen MR) is 130 cm³/mol. The number of benzene rings is 2. The summed E-state index contributed by atoms with van der Waals surface area (Å²) in [5, 5.41) is 13.7. The molecular weight excluding hydrogens is 465 g/mol. The normalized spacial score (nSPS) is 15.1. The molecule has 0 saturated carbocycles. The molecule has 0 radical (unpaired) electrons. The Balaban J connectivity index is 1.45. The van der Waals surface area contributed by atoms with E-state index in [0.717, 1.165) is 36.7 Å². The van der Waals surface area contributed by atoms with Gasteiger partial charge in [-0.25, -0.2) is 0 Å². The van der Waals surface area contributed by atoms with E-state index in [1.807, 2.05) is 43.3 Å². The summed E-state index contributed by atoms with van der Waals surface area (Å²) in [6.07, 6.45) is 2.44. The highest BCUT2D eigenvalue weighted by Crippen LogP contribution is 2.27. The van der Waals surface area contributed by atoms with E-state index in [9.17, 15) is 4.79 Å². The minimum Gasteiger partial charge on any atom is -0.349 e. The van der Waals surface area contributed by atoms with Crippen molar-refractivity contribution in [3.05, 3.63) is 70.0 Å². The second-order valence-corrected chi connectivity index (χ2v) is 9.58. The van der Waals surface area contributed by atoms with E-state index < -0.39 is 0 Å². The number of carbonyl (C=O) groups excluding carboxylic acids is 1. The fourth-order valence-corrected chi connectivity index (χ4v) is 5.17. The SMILES string of the molecule is CC(NC(=O)CSc1nnc(CN2CCCC2)n1-c1ccccc1)c1ccc(Cl)cc1Cl. The smallest absolute Gasteiger partial charge is 0.230 e. The zero-order valence-electron chi connectivity index (χ0n) is 17.8. The van der Waals surface area contributed by atoms with Gasteiger partial charge in [0.25, 0.3) is 0 Å². The number of nitrogens with zero attached hydrogens (tertiary/aromatic N) is 4. The molecule has 4 rings (SSSR count). The van der Waals surface area contributed by atoms with Crippen LogP contribution in [-0.4, -0.2) is 44.4 Å². The molecule has 0 bridgehead atoms. The Bertz CT molecular complexity index is 1070. The molecular formula is C23H25Cl2N5OS. The largest absolute Gasteiger partial charge is 0.349 e. The molecule has 9 heteroatoms. The topological polar surface area (TPSA) is 63.1 Å². The molecule has 1 unspecified atom stereocenters. The molecule has 3 aromatic rings. The lowest BCUT2D eigenvalue weighted by atomic mass is 10.1. The molecule has 0 aliphatic carbocycles. The highest BCUT2D eigenvalue weighted by molar-refractivity contribution is 7.99. The Hall–Kier alpha value is -2.06. The Kier molecular flexibility index (Phi) is 7.73. The second kappa shape index (κ2) is 10.7. The van der Waals surface area contributed by atoms with E-state index in [0.29, 0.717) is 15.2 Å². The summed E-state index contributed by atoms with van der Waals surface area (Å²) >= 11 is 13.6. The zero-order chi connectivity index (χ0) is 22.5. The molecule has 0 spiro atoms. The first-order valence-corrected chi connectivity index (χ1v) is 12.3. The van der Waals surface area contributed by atoms with Crippen LogP contribution in [0.25, 0.3) is 5.69 Å². The first-order chi connectivity index (χ1) is 15.5. The van der Waals surface area contributed by atoms with Gasteiger partial charge < -0.3 is 5.32 Å². The summed E-state index contributed by atoms with van der Waals surface area (Å²) in [6, 6.07) is 15.1. The van der Waals surface area contributed by atoms with E-state index >= 15 is 0 Å². The number of thioether (sulfide) groups is 1. The minimum atomic E-state index is -0.231. The molecule has 1 fully saturated rings. The monoisotopic (exact) mass is 489 g/mol. The highest BCUT2D eigenvalue weighted by Gasteiger charge is 2.20. The number of para-hydroxylation sites is 1. The van der Waals surface area contributed by atoms with Crippen LogP contribution in [0.3, 0.4) is 0 Å². The number of rotatable bonds is 8. The van der Waals surface area contributed by atoms with Gasteiger partial charge >= 0.3 is 0 Å². The molecule has 1 saturated heterocycles. The molecule has 1 N–H and O–H groups in total. The van der Waals surface area contributed by atoms with Crippen LogP contribution in [-0.2, 0) is 11.3 Å². The lowest BCUT2D eigenvalue weighted by Gasteiger charge is -2.17. The Morgan fingerprint density at radius 3 is 2.59 bits per heavy atom. The Labute approximate surface area is 202 Å². The molecule has 2 aromatic carbocycles. The Morgan fingerprint density at radius 2 is 1.88 bits per heavy atom. The second-order valence-electron chi connectivity index (χ2n) is 7.80. The quantitative estimate of drug-likeness (QED) is 0.443. The summed E-state index contributed by atoms with van der Waals surface area (Å²) in [6.45, 7) is 4.81. The number of nitrogens with one attached hydrogen (secondary N) is 1. The maximum absolute atomic E-state index is 12.6. The molecule has 6 nitrogen and oxygen atoms in total. The fourth-order valence-electron chi connectivity index (χ4n) is 3.82. The van der Waals surface area contributed by atoms with Crippen LogP contribution >= 0.6 is 35.0 Å². The summed E-state index contributed by atoms with van der Waals surface area (Å²) in [5.74, 6) is 1.02. The molecule has 1 aromatic heterocycles. The first kappa shape index (κ1) is 23.1. The number of amides is 1. The van der Waals surface area contributed by atoms with Crippen molar-refractivity contribution in [3.63, 3.8) is 0 Å². The van der Waals surface area contributed by atoms with Gasteiger partial charge in [-0.3, -0.25) is 14.3 Å². The number of halogens is 2. The summed E-state index contributed by atoms with van der Waals surface area (Å²) in [4.78, 5) is 15.0. The first-order valence-electron chi connectivity index (χ1n) is 10.6. The van der Waals surface area contributed by atoms with E-state index in [2.05, 4.69) is 25.0 Å². The molecule has 1 amide bonds. The number of aromatic nitrogens is 3. The summed E-state index contributed by atoms with van der Waals surface area (Å²) in [5.41, 5.74) is 1.82. The third kappa shape index (κ3) is 5.64. The van der Waals surface area contributed by atoms with Crippen molar-refractivity contribution in [2.45, 2.75) is 37.5 Å². The van der Waals surface area contributed by atoms with Gasteiger partial charge in [-0.1, -0.05) is 59.2 Å². The third-order valence-electron chi connectivity index (χ3n) is 5.42. The highest BCUT2D eigenvalue weighted by atomic mass is 35.5. The van der Waals surface area contributed by atoms with Crippen LogP contribution < -0.4 is 5.32 Å². The van der Waals surface area contributed by atoms with Gasteiger partial charge in [0.05, 0.1) is 18.3 Å². The van der Waals surface area contributed by atoms with Gasteiger partial charge in [0.1, 0.15) is 0 Å². The lowest BCUT2D eigenvalue weighted by Crippen LogP contribution is -2.28. The standard InChI is InChI=1S/C23H25Cl2N5OS/c1-16(19-10-9-17(24)13-20(19)25)26-22(31)15-32-23-28-27-21(14-29-11-5-6-12-29)30(23)18-7-3-2-4-8-18/h2-4,7-10,13,16H,5-6,11-12,14-15H2,1H3,(H,26,31). The van der Waals surface area contributed by atoms with E-state index in [4.69, 9.17) is 23.2 Å². The van der Waals surface area contributed by atoms with Gasteiger partial charge in [-0.15, -0.1) is 10.2 Å². The van der Waals surface area contributed by atoms with Crippen molar-refractivity contribution in [1.82, 2.24) is 25.0 Å². The van der Waals surface area contributed by atoms with Gasteiger partial charge in [0.15, 0.2) is 11.0 Å². The van der Waals surface area contributed by atoms with Crippen molar-refractivity contribution in [3.8, 4) is 5.69 Å². The number of carbonyl (C=O) groups is 1. The van der Waals surface area contributed by atoms with E-state index in [-0.39, 0.29) is 17.7 Å². The molecule has 1 atom stereocenters. The van der Waals surface area contributed by atoms with Crippen LogP contribution in [0.2, 0.25) is 10.0 Å². The average Bonchev–Trinajstić information content (AvgIpc) is 3.43. The maximum atomic E-state index is 12.6. The number of hydrogen-bond donors (Lipinski definition) is 1. The van der Waals surface area contributed by atoms with Crippen LogP contribution in [0.4, 0.5) is 0 Å². The third-order valence-corrected chi connectivity index (χ3v) is 6.91. The summed E-state index contributed by atoms with van der Waals surface area (Å²) < 4.78 is 2.05. The average molecular weight is 490 g/mol. The lowest BCUT2D eigenvalue weighted by molar-refractivity contribution is -0.119.